The van der Waals surface area contributed by atoms with Crippen molar-refractivity contribution >= 4 is 5.97 Å². The van der Waals surface area contributed by atoms with Gasteiger partial charge in [0.15, 0.2) is 0 Å². The van der Waals surface area contributed by atoms with E-state index >= 15 is 0 Å². The van der Waals surface area contributed by atoms with Gasteiger partial charge in [-0.05, 0) is 6.54 Å². The fourth-order valence-electron chi connectivity index (χ4n) is 0.981. The SMILES string of the molecule is CCN(CCN(C[O-])C[O-])CC(=O)[O-]. The summed E-state index contributed by atoms with van der Waals surface area (Å²) in [6, 6.07) is 0. The van der Waals surface area contributed by atoms with Crippen molar-refractivity contribution in [3.63, 3.8) is 0 Å². The molecule has 0 saturated heterocycles. The van der Waals surface area contributed by atoms with Gasteiger partial charge in [0.1, 0.15) is 0 Å². The minimum absolute atomic E-state index is 0.165. The van der Waals surface area contributed by atoms with Gasteiger partial charge >= 0.3 is 0 Å². The number of aliphatic carboxylic acids is 1. The number of hydrogen-bond donors (Lipinski definition) is 0. The van der Waals surface area contributed by atoms with Crippen molar-refractivity contribution in [1.29, 1.82) is 0 Å². The Labute approximate surface area is 83.4 Å². The third-order valence-corrected chi connectivity index (χ3v) is 1.90. The van der Waals surface area contributed by atoms with Crippen LogP contribution in [-0.2, 0) is 4.79 Å². The van der Waals surface area contributed by atoms with Crippen LogP contribution in [0, 0.1) is 0 Å². The molecule has 0 amide bonds. The van der Waals surface area contributed by atoms with Gasteiger partial charge in [-0.25, -0.2) is 0 Å². The van der Waals surface area contributed by atoms with Gasteiger partial charge in [-0.2, -0.15) is 0 Å². The molecule has 0 fully saturated rings. The molecule has 0 aliphatic rings. The lowest BCUT2D eigenvalue weighted by atomic mass is 10.4. The summed E-state index contributed by atoms with van der Waals surface area (Å²) in [5, 5.41) is 31.0. The van der Waals surface area contributed by atoms with Crippen LogP contribution in [-0.4, -0.2) is 55.4 Å². The van der Waals surface area contributed by atoms with E-state index < -0.39 is 19.4 Å². The van der Waals surface area contributed by atoms with Gasteiger partial charge in [-0.3, -0.25) is 4.90 Å². The van der Waals surface area contributed by atoms with Gasteiger partial charge in [0, 0.05) is 19.6 Å². The van der Waals surface area contributed by atoms with Gasteiger partial charge in [0.2, 0.25) is 0 Å². The van der Waals surface area contributed by atoms with Crippen molar-refractivity contribution in [3.8, 4) is 0 Å². The van der Waals surface area contributed by atoms with Crippen LogP contribution in [0.1, 0.15) is 6.92 Å². The van der Waals surface area contributed by atoms with Gasteiger partial charge in [0.05, 0.1) is 5.97 Å². The van der Waals surface area contributed by atoms with Crippen LogP contribution in [0.15, 0.2) is 0 Å². The monoisotopic (exact) mass is 203 g/mol. The lowest BCUT2D eigenvalue weighted by Gasteiger charge is -2.31. The first-order valence-corrected chi connectivity index (χ1v) is 4.44. The van der Waals surface area contributed by atoms with Crippen LogP contribution >= 0.6 is 0 Å². The zero-order valence-corrected chi connectivity index (χ0v) is 8.27. The predicted octanol–water partition coefficient (Wildman–Crippen LogP) is -4.00. The number of carboxylic acids is 1. The third kappa shape index (κ3) is 5.87. The number of carbonyl (C=O) groups is 1. The molecule has 0 radical (unpaired) electrons. The fourth-order valence-corrected chi connectivity index (χ4v) is 0.981. The Bertz CT molecular complexity index is 161. The Morgan fingerprint density at radius 1 is 1.14 bits per heavy atom. The normalized spacial score (nSPS) is 11.2. The highest BCUT2D eigenvalue weighted by Crippen LogP contribution is 1.88. The molecule has 0 rings (SSSR count). The summed E-state index contributed by atoms with van der Waals surface area (Å²) in [5.74, 6) is -1.15. The van der Waals surface area contributed by atoms with E-state index in [1.54, 1.807) is 4.90 Å². The van der Waals surface area contributed by atoms with Crippen LogP contribution in [0.4, 0.5) is 0 Å². The van der Waals surface area contributed by atoms with Crippen LogP contribution in [0.3, 0.4) is 0 Å². The molecule has 0 unspecified atom stereocenters. The lowest BCUT2D eigenvalue weighted by molar-refractivity contribution is -0.457. The molecule has 0 saturated carbocycles. The number of hydrogen-bond acceptors (Lipinski definition) is 6. The van der Waals surface area contributed by atoms with E-state index in [9.17, 15) is 20.1 Å². The molecule has 0 bridgehead atoms. The molecule has 0 N–H and O–H groups in total. The highest BCUT2D eigenvalue weighted by molar-refractivity contribution is 5.66. The van der Waals surface area contributed by atoms with E-state index in [1.807, 2.05) is 6.92 Å². The second-order valence-corrected chi connectivity index (χ2v) is 2.89. The topological polar surface area (TPSA) is 92.7 Å². The second-order valence-electron chi connectivity index (χ2n) is 2.89. The van der Waals surface area contributed by atoms with E-state index in [0.29, 0.717) is 19.6 Å². The van der Waals surface area contributed by atoms with Crippen molar-refractivity contribution in [1.82, 2.24) is 9.80 Å². The smallest absolute Gasteiger partial charge is 0.0555 e. The van der Waals surface area contributed by atoms with Crippen molar-refractivity contribution in [3.05, 3.63) is 0 Å². The van der Waals surface area contributed by atoms with Gasteiger partial charge in [0.25, 0.3) is 0 Å². The van der Waals surface area contributed by atoms with Gasteiger partial charge in [-0.15, -0.1) is 0 Å². The van der Waals surface area contributed by atoms with Crippen molar-refractivity contribution in [2.75, 3.05) is 39.6 Å². The van der Waals surface area contributed by atoms with E-state index in [1.165, 1.54) is 0 Å². The maximum Gasteiger partial charge on any atom is 0.0555 e. The average molecular weight is 203 g/mol. The zero-order valence-electron chi connectivity index (χ0n) is 8.27. The Kier molecular flexibility index (Phi) is 7.31. The summed E-state index contributed by atoms with van der Waals surface area (Å²) in [6.07, 6.45) is 0. The summed E-state index contributed by atoms with van der Waals surface area (Å²) in [6.45, 7) is 1.80. The molecule has 0 aliphatic carbocycles. The summed E-state index contributed by atoms with van der Waals surface area (Å²) in [4.78, 5) is 13.0. The maximum atomic E-state index is 10.4. The molecule has 0 aromatic heterocycles. The lowest BCUT2D eigenvalue weighted by Crippen LogP contribution is -2.45. The van der Waals surface area contributed by atoms with Crippen LogP contribution in [0.5, 0.6) is 0 Å². The standard InChI is InChI=1S/C8H16N2O4/c1-2-9(5-8(13)14)3-4-10(6-11)7-12/h2-7H2,1H3,(H,13,14)/q-2/p-1. The summed E-state index contributed by atoms with van der Waals surface area (Å²) >= 11 is 0. The number of likely N-dealkylation sites (N-methyl/N-ethyl adjacent to an activating group) is 1. The minimum atomic E-state index is -1.15. The van der Waals surface area contributed by atoms with Crippen molar-refractivity contribution in [2.24, 2.45) is 0 Å². The predicted molar refractivity (Wildman–Crippen MR) is 43.6 cm³/mol. The van der Waals surface area contributed by atoms with Crippen molar-refractivity contribution in [2.45, 2.75) is 6.92 Å². The fraction of sp³-hybridized carbons (Fsp3) is 0.875. The Balaban J connectivity index is 3.76. The summed E-state index contributed by atoms with van der Waals surface area (Å²) in [7, 11) is 0. The molecule has 0 aromatic rings. The Morgan fingerprint density at radius 3 is 2.00 bits per heavy atom. The minimum Gasteiger partial charge on any atom is -0.843 e. The summed E-state index contributed by atoms with van der Waals surface area (Å²) in [5.41, 5.74) is 0. The van der Waals surface area contributed by atoms with Gasteiger partial charge < -0.3 is 25.0 Å². The quantitative estimate of drug-likeness (QED) is 0.373. The first-order chi connectivity index (χ1) is 6.63. The zero-order chi connectivity index (χ0) is 11.0. The molecule has 0 aliphatic heterocycles. The molecule has 84 valence electrons. The number of carboxylic acid groups (broad SMARTS) is 1. The largest absolute Gasteiger partial charge is 0.843 e. The number of carbonyl (C=O) groups excluding carboxylic acids is 1. The summed E-state index contributed by atoms with van der Waals surface area (Å²) < 4.78 is 0. The molecule has 14 heavy (non-hydrogen) atoms. The van der Waals surface area contributed by atoms with E-state index in [0.717, 1.165) is 4.90 Å². The van der Waals surface area contributed by atoms with E-state index in [2.05, 4.69) is 0 Å². The first-order valence-electron chi connectivity index (χ1n) is 4.44. The number of rotatable bonds is 8. The molecule has 6 nitrogen and oxygen atoms in total. The molecule has 0 atom stereocenters. The van der Waals surface area contributed by atoms with Crippen LogP contribution in [0.2, 0.25) is 0 Å². The maximum absolute atomic E-state index is 10.4. The van der Waals surface area contributed by atoms with Gasteiger partial charge in [-0.1, -0.05) is 20.4 Å². The van der Waals surface area contributed by atoms with Crippen LogP contribution < -0.4 is 15.3 Å². The third-order valence-electron chi connectivity index (χ3n) is 1.90. The molecular weight excluding hydrogens is 188 g/mol. The molecule has 0 spiro atoms. The average Bonchev–Trinajstić information content (AvgIpc) is 2.17. The number of nitrogens with zero attached hydrogens (tertiary/aromatic N) is 2. The Hall–Kier alpha value is -0.690. The molecule has 6 heteroatoms. The van der Waals surface area contributed by atoms with Crippen LogP contribution in [0.25, 0.3) is 0 Å². The molecule has 0 aromatic carbocycles. The first kappa shape index (κ1) is 13.3. The van der Waals surface area contributed by atoms with Crippen molar-refractivity contribution < 1.29 is 20.1 Å². The Morgan fingerprint density at radius 2 is 1.64 bits per heavy atom. The highest BCUT2D eigenvalue weighted by Gasteiger charge is 2.02. The second kappa shape index (κ2) is 7.69. The highest BCUT2D eigenvalue weighted by atomic mass is 16.4. The molecule has 0 heterocycles. The van der Waals surface area contributed by atoms with E-state index in [4.69, 9.17) is 0 Å². The molecular formula is C8H15N2O4-3. The van der Waals surface area contributed by atoms with E-state index in [-0.39, 0.29) is 6.54 Å².